The van der Waals surface area contributed by atoms with Crippen molar-refractivity contribution in [2.75, 3.05) is 13.6 Å². The van der Waals surface area contributed by atoms with Crippen molar-refractivity contribution in [3.05, 3.63) is 75.4 Å². The van der Waals surface area contributed by atoms with Gasteiger partial charge in [-0.1, -0.05) is 36.4 Å². The Morgan fingerprint density at radius 2 is 1.83 bits per heavy atom. The van der Waals surface area contributed by atoms with E-state index in [1.807, 2.05) is 19.1 Å². The smallest absolute Gasteiger partial charge is 0.408 e. The first kappa shape index (κ1) is 27.2. The Kier molecular flexibility index (Phi) is 8.12. The van der Waals surface area contributed by atoms with Gasteiger partial charge in [0.2, 0.25) is 10.0 Å². The molecule has 2 aromatic carbocycles. The summed E-state index contributed by atoms with van der Waals surface area (Å²) in [4.78, 5) is 28.1. The summed E-state index contributed by atoms with van der Waals surface area (Å²) >= 11 is 1.51. The zero-order valence-corrected chi connectivity index (χ0v) is 22.2. The number of rotatable bonds is 8. The van der Waals surface area contributed by atoms with Gasteiger partial charge in [0.1, 0.15) is 5.60 Å². The molecule has 1 atom stereocenters. The molecule has 1 heterocycles. The highest BCUT2D eigenvalue weighted by Gasteiger charge is 2.32. The maximum atomic E-state index is 13.3. The van der Waals surface area contributed by atoms with Crippen LogP contribution in [0.25, 0.3) is 10.4 Å². The predicted octanol–water partition coefficient (Wildman–Crippen LogP) is 4.91. The molecule has 0 unspecified atom stereocenters. The highest BCUT2D eigenvalue weighted by atomic mass is 32.2. The molecule has 1 aromatic heterocycles. The largest absolute Gasteiger partial charge is 0.444 e. The third kappa shape index (κ3) is 6.45. The second kappa shape index (κ2) is 10.7. The van der Waals surface area contributed by atoms with Crippen molar-refractivity contribution in [2.24, 2.45) is 0 Å². The van der Waals surface area contributed by atoms with E-state index in [2.05, 4.69) is 10.3 Å². The van der Waals surface area contributed by atoms with E-state index in [-0.39, 0.29) is 6.54 Å². The third-order valence-corrected chi connectivity index (χ3v) is 8.05. The van der Waals surface area contributed by atoms with Crippen LogP contribution in [0, 0.1) is 17.0 Å². The van der Waals surface area contributed by atoms with Crippen molar-refractivity contribution < 1.29 is 22.9 Å². The maximum absolute atomic E-state index is 13.3. The molecule has 0 saturated carbocycles. The summed E-state index contributed by atoms with van der Waals surface area (Å²) in [6.45, 7) is 6.89. The first-order valence-corrected chi connectivity index (χ1v) is 13.3. The minimum Gasteiger partial charge on any atom is -0.444 e. The lowest BCUT2D eigenvalue weighted by molar-refractivity contribution is -0.387. The van der Waals surface area contributed by atoms with Crippen molar-refractivity contribution >= 4 is 33.1 Å². The van der Waals surface area contributed by atoms with E-state index in [1.54, 1.807) is 38.4 Å². The van der Waals surface area contributed by atoms with Gasteiger partial charge in [0.15, 0.2) is 4.90 Å². The summed E-state index contributed by atoms with van der Waals surface area (Å²) in [6.07, 6.45) is -0.716. The van der Waals surface area contributed by atoms with Crippen LogP contribution in [-0.2, 0) is 14.8 Å². The summed E-state index contributed by atoms with van der Waals surface area (Å²) < 4.78 is 32.9. The van der Waals surface area contributed by atoms with E-state index in [1.165, 1.54) is 36.6 Å². The number of thiazole rings is 1. The molecule has 3 aromatic rings. The third-order valence-electron chi connectivity index (χ3n) is 5.20. The number of ether oxygens (including phenoxy) is 1. The Hall–Kier alpha value is -3.35. The number of sulfonamides is 1. The minimum absolute atomic E-state index is 0.188. The van der Waals surface area contributed by atoms with Crippen molar-refractivity contribution in [2.45, 2.75) is 44.2 Å². The van der Waals surface area contributed by atoms with Gasteiger partial charge >= 0.3 is 6.09 Å². The molecular formula is C24H28N4O6S2. The first-order valence-electron chi connectivity index (χ1n) is 11.0. The topological polar surface area (TPSA) is 132 Å². The number of hydrogen-bond donors (Lipinski definition) is 1. The number of amides is 1. The molecule has 0 fully saturated rings. The molecule has 1 amide bonds. The molecule has 36 heavy (non-hydrogen) atoms. The first-order chi connectivity index (χ1) is 16.8. The van der Waals surface area contributed by atoms with Gasteiger partial charge in [0, 0.05) is 19.7 Å². The fraction of sp³-hybridized carbons (Fsp3) is 0.333. The van der Waals surface area contributed by atoms with Gasteiger partial charge in [-0.15, -0.1) is 11.3 Å². The Morgan fingerprint density at radius 3 is 2.39 bits per heavy atom. The van der Waals surface area contributed by atoms with Crippen LogP contribution in [0.5, 0.6) is 0 Å². The summed E-state index contributed by atoms with van der Waals surface area (Å²) in [5, 5.41) is 14.1. The van der Waals surface area contributed by atoms with Gasteiger partial charge in [0.25, 0.3) is 5.69 Å². The fourth-order valence-electron chi connectivity index (χ4n) is 3.48. The normalized spacial score (nSPS) is 12.8. The van der Waals surface area contributed by atoms with Gasteiger partial charge in [-0.05, 0) is 44.9 Å². The van der Waals surface area contributed by atoms with E-state index in [9.17, 15) is 23.3 Å². The molecule has 0 aliphatic rings. The van der Waals surface area contributed by atoms with Crippen molar-refractivity contribution in [3.63, 3.8) is 0 Å². The van der Waals surface area contributed by atoms with Crippen LogP contribution in [0.4, 0.5) is 10.5 Å². The number of carbonyl (C=O) groups is 1. The Morgan fingerprint density at radius 1 is 1.19 bits per heavy atom. The van der Waals surface area contributed by atoms with Crippen LogP contribution in [0.15, 0.2) is 58.9 Å². The summed E-state index contributed by atoms with van der Waals surface area (Å²) in [6, 6.07) is 11.7. The van der Waals surface area contributed by atoms with Gasteiger partial charge in [0.05, 0.1) is 27.0 Å². The quantitative estimate of drug-likeness (QED) is 0.322. The number of hydrogen-bond acceptors (Lipinski definition) is 8. The molecule has 192 valence electrons. The van der Waals surface area contributed by atoms with Crippen LogP contribution >= 0.6 is 11.3 Å². The average Bonchev–Trinajstić information content (AvgIpc) is 3.23. The van der Waals surface area contributed by atoms with Crippen LogP contribution in [0.3, 0.4) is 0 Å². The SMILES string of the molecule is Cc1ncsc1-c1ccc([C@H](CN(C)S(=O)(=O)c2ccccc2[N+](=O)[O-])NC(=O)OC(C)(C)C)cc1. The highest BCUT2D eigenvalue weighted by Crippen LogP contribution is 2.30. The molecule has 1 N–H and O–H groups in total. The second-order valence-electron chi connectivity index (χ2n) is 9.10. The number of benzene rings is 2. The monoisotopic (exact) mass is 532 g/mol. The Balaban J connectivity index is 1.93. The maximum Gasteiger partial charge on any atom is 0.408 e. The molecule has 0 bridgehead atoms. The molecule has 12 heteroatoms. The number of alkyl carbamates (subject to hydrolysis) is 1. The number of nitro groups is 1. The van der Waals surface area contributed by atoms with Gasteiger partial charge in [-0.25, -0.2) is 18.2 Å². The number of carbonyl (C=O) groups excluding carboxylic acids is 1. The van der Waals surface area contributed by atoms with Crippen LogP contribution in [0.1, 0.15) is 38.1 Å². The van der Waals surface area contributed by atoms with E-state index < -0.39 is 43.3 Å². The second-order valence-corrected chi connectivity index (χ2v) is 12.0. The number of nitrogens with one attached hydrogen (secondary N) is 1. The standard InChI is InChI=1S/C24H28N4O6S2/c1-16-22(35-15-25-16)18-12-10-17(11-13-18)19(26-23(29)34-24(2,3)4)14-27(5)36(32,33)21-9-7-6-8-20(21)28(30)31/h6-13,15,19H,14H2,1-5H3,(H,26,29)/t19-/m0/s1. The molecule has 0 aliphatic carbocycles. The molecule has 10 nitrogen and oxygen atoms in total. The molecule has 0 radical (unpaired) electrons. The van der Waals surface area contributed by atoms with Crippen molar-refractivity contribution in [3.8, 4) is 10.4 Å². The van der Waals surface area contributed by atoms with Gasteiger partial charge in [-0.2, -0.15) is 4.31 Å². The van der Waals surface area contributed by atoms with E-state index in [4.69, 9.17) is 4.74 Å². The number of para-hydroxylation sites is 1. The lowest BCUT2D eigenvalue weighted by atomic mass is 10.0. The molecule has 0 spiro atoms. The average molecular weight is 533 g/mol. The number of aryl methyl sites for hydroxylation is 1. The zero-order valence-electron chi connectivity index (χ0n) is 20.6. The Labute approximate surface area is 214 Å². The lowest BCUT2D eigenvalue weighted by Crippen LogP contribution is -2.41. The molecule has 0 aliphatic heterocycles. The van der Waals surface area contributed by atoms with Crippen LogP contribution < -0.4 is 5.32 Å². The predicted molar refractivity (Wildman–Crippen MR) is 137 cm³/mol. The molecular weight excluding hydrogens is 504 g/mol. The molecule has 0 saturated heterocycles. The van der Waals surface area contributed by atoms with E-state index in [0.717, 1.165) is 26.5 Å². The van der Waals surface area contributed by atoms with Crippen LogP contribution in [-0.4, -0.2) is 47.9 Å². The van der Waals surface area contributed by atoms with Gasteiger partial charge in [-0.3, -0.25) is 10.1 Å². The van der Waals surface area contributed by atoms with Crippen molar-refractivity contribution in [1.82, 2.24) is 14.6 Å². The number of nitro benzene ring substituents is 1. The minimum atomic E-state index is -4.24. The Bertz CT molecular complexity index is 1350. The molecule has 3 rings (SSSR count). The van der Waals surface area contributed by atoms with Crippen molar-refractivity contribution in [1.29, 1.82) is 0 Å². The highest BCUT2D eigenvalue weighted by molar-refractivity contribution is 7.89. The van der Waals surface area contributed by atoms with Crippen LogP contribution in [0.2, 0.25) is 0 Å². The fourth-order valence-corrected chi connectivity index (χ4v) is 5.63. The van der Waals surface area contributed by atoms with E-state index >= 15 is 0 Å². The summed E-state index contributed by atoms with van der Waals surface area (Å²) in [5.74, 6) is 0. The van der Waals surface area contributed by atoms with E-state index in [0.29, 0.717) is 5.56 Å². The summed E-state index contributed by atoms with van der Waals surface area (Å²) in [5.41, 5.74) is 2.95. The number of aromatic nitrogens is 1. The zero-order chi connectivity index (χ0) is 26.7. The number of likely N-dealkylation sites (N-methyl/N-ethyl adjacent to an activating group) is 1. The van der Waals surface area contributed by atoms with Gasteiger partial charge < -0.3 is 10.1 Å². The number of nitrogens with zero attached hydrogens (tertiary/aromatic N) is 3. The summed E-state index contributed by atoms with van der Waals surface area (Å²) in [7, 11) is -2.93. The lowest BCUT2D eigenvalue weighted by Gasteiger charge is -2.27.